The Hall–Kier alpha value is -3.37. The lowest BCUT2D eigenvalue weighted by Gasteiger charge is -2.10. The molecule has 0 aliphatic carbocycles. The number of nitrogens with zero attached hydrogens (tertiary/aromatic N) is 4. The molecule has 2 aromatic heterocycles. The molecule has 0 atom stereocenters. The number of nitrogen functional groups attached to an aromatic ring is 1. The van der Waals surface area contributed by atoms with Crippen LogP contribution in [0, 0.1) is 0 Å². The van der Waals surface area contributed by atoms with Gasteiger partial charge in [-0.25, -0.2) is 4.98 Å². The Kier molecular flexibility index (Phi) is 7.03. The number of hydrogen-bond donors (Lipinski definition) is 2. The molecule has 0 spiro atoms. The number of thioether (sulfide) groups is 1. The fraction of sp³-hybridized carbons (Fsp3) is 0.182. The molecule has 0 bridgehead atoms. The number of benzene rings is 2. The Bertz CT molecular complexity index is 1170. The fourth-order valence-electron chi connectivity index (χ4n) is 3.04. The minimum Gasteiger partial charge on any atom is -0.494 e. The standard InChI is InChI=1S/C22H22N6O2S2/c1-2-30-18-10-8-15(9-11-18)24-20(29)14-32-22-27-26-19(12-16-13-31-21(23)25-16)28(22)17-6-4-3-5-7-17/h3-11,13H,2,12,14H2,1H3,(H2,23,25)(H,24,29). The van der Waals surface area contributed by atoms with Crippen molar-refractivity contribution in [2.45, 2.75) is 18.5 Å². The van der Waals surface area contributed by atoms with Crippen molar-refractivity contribution in [3.05, 3.63) is 71.5 Å². The SMILES string of the molecule is CCOc1ccc(NC(=O)CSc2nnc(Cc3csc(N)n3)n2-c2ccccc2)cc1. The minimum atomic E-state index is -0.129. The van der Waals surface area contributed by atoms with Crippen LogP contribution in [0.2, 0.25) is 0 Å². The Balaban J connectivity index is 1.47. The first-order valence-electron chi connectivity index (χ1n) is 9.97. The second-order valence-electron chi connectivity index (χ2n) is 6.72. The summed E-state index contributed by atoms with van der Waals surface area (Å²) in [6, 6.07) is 17.1. The first-order valence-corrected chi connectivity index (χ1v) is 11.8. The molecule has 2 aromatic carbocycles. The molecule has 3 N–H and O–H groups in total. The van der Waals surface area contributed by atoms with Gasteiger partial charge >= 0.3 is 0 Å². The first-order chi connectivity index (χ1) is 15.6. The summed E-state index contributed by atoms with van der Waals surface area (Å²) >= 11 is 2.72. The number of nitrogens with two attached hydrogens (primary N) is 1. The zero-order valence-corrected chi connectivity index (χ0v) is 19.0. The maximum absolute atomic E-state index is 12.5. The number of nitrogens with one attached hydrogen (secondary N) is 1. The van der Waals surface area contributed by atoms with Crippen LogP contribution in [0.15, 0.2) is 65.1 Å². The predicted molar refractivity (Wildman–Crippen MR) is 128 cm³/mol. The molecule has 0 unspecified atom stereocenters. The lowest BCUT2D eigenvalue weighted by Crippen LogP contribution is -2.14. The highest BCUT2D eigenvalue weighted by Crippen LogP contribution is 2.24. The molecule has 0 aliphatic rings. The molecule has 0 fully saturated rings. The summed E-state index contributed by atoms with van der Waals surface area (Å²) in [5.74, 6) is 1.57. The highest BCUT2D eigenvalue weighted by Gasteiger charge is 2.17. The van der Waals surface area contributed by atoms with Crippen molar-refractivity contribution in [2.75, 3.05) is 23.4 Å². The summed E-state index contributed by atoms with van der Waals surface area (Å²) in [5, 5.41) is 14.6. The number of rotatable bonds is 9. The molecule has 164 valence electrons. The number of aromatic nitrogens is 4. The second-order valence-corrected chi connectivity index (χ2v) is 8.55. The summed E-state index contributed by atoms with van der Waals surface area (Å²) in [4.78, 5) is 16.8. The molecule has 0 aliphatic heterocycles. The van der Waals surface area contributed by atoms with Gasteiger partial charge in [-0.05, 0) is 43.3 Å². The van der Waals surface area contributed by atoms with E-state index in [1.165, 1.54) is 23.1 Å². The molecule has 4 rings (SSSR count). The smallest absolute Gasteiger partial charge is 0.234 e. The van der Waals surface area contributed by atoms with E-state index in [9.17, 15) is 4.79 Å². The Morgan fingerprint density at radius 2 is 1.94 bits per heavy atom. The zero-order chi connectivity index (χ0) is 22.3. The minimum absolute atomic E-state index is 0.129. The molecular weight excluding hydrogens is 444 g/mol. The maximum atomic E-state index is 12.5. The largest absolute Gasteiger partial charge is 0.494 e. The van der Waals surface area contributed by atoms with Crippen molar-refractivity contribution >= 4 is 39.8 Å². The first kappa shape index (κ1) is 21.8. The number of hydrogen-bond acceptors (Lipinski definition) is 8. The van der Waals surface area contributed by atoms with E-state index < -0.39 is 0 Å². The van der Waals surface area contributed by atoms with E-state index in [2.05, 4.69) is 20.5 Å². The average Bonchev–Trinajstić information content (AvgIpc) is 3.40. The third-order valence-electron chi connectivity index (χ3n) is 4.40. The van der Waals surface area contributed by atoms with Crippen LogP contribution < -0.4 is 15.8 Å². The van der Waals surface area contributed by atoms with E-state index in [0.29, 0.717) is 29.0 Å². The van der Waals surface area contributed by atoms with Gasteiger partial charge < -0.3 is 15.8 Å². The number of anilines is 2. The van der Waals surface area contributed by atoms with Crippen molar-refractivity contribution in [3.63, 3.8) is 0 Å². The van der Waals surface area contributed by atoms with Crippen LogP contribution >= 0.6 is 23.1 Å². The maximum Gasteiger partial charge on any atom is 0.234 e. The normalized spacial score (nSPS) is 10.8. The zero-order valence-electron chi connectivity index (χ0n) is 17.4. The van der Waals surface area contributed by atoms with Gasteiger partial charge in [0.25, 0.3) is 0 Å². The van der Waals surface area contributed by atoms with Gasteiger partial charge in [-0.2, -0.15) is 0 Å². The van der Waals surface area contributed by atoms with Crippen molar-refractivity contribution < 1.29 is 9.53 Å². The van der Waals surface area contributed by atoms with Crippen molar-refractivity contribution in [1.29, 1.82) is 0 Å². The molecule has 0 saturated carbocycles. The molecule has 0 saturated heterocycles. The number of ether oxygens (including phenoxy) is 1. The van der Waals surface area contributed by atoms with E-state index >= 15 is 0 Å². The lowest BCUT2D eigenvalue weighted by atomic mass is 10.3. The summed E-state index contributed by atoms with van der Waals surface area (Å²) in [5.41, 5.74) is 8.23. The predicted octanol–water partition coefficient (Wildman–Crippen LogP) is 4.03. The molecule has 10 heteroatoms. The summed E-state index contributed by atoms with van der Waals surface area (Å²) in [6.45, 7) is 2.53. The van der Waals surface area contributed by atoms with Crippen molar-refractivity contribution in [1.82, 2.24) is 19.7 Å². The van der Waals surface area contributed by atoms with Crippen molar-refractivity contribution in [2.24, 2.45) is 0 Å². The number of para-hydroxylation sites is 1. The Morgan fingerprint density at radius 3 is 2.62 bits per heavy atom. The van der Waals surface area contributed by atoms with Gasteiger partial charge in [0.05, 0.1) is 24.5 Å². The van der Waals surface area contributed by atoms with Crippen LogP contribution in [0.3, 0.4) is 0 Å². The monoisotopic (exact) mass is 466 g/mol. The quantitative estimate of drug-likeness (QED) is 0.359. The van der Waals surface area contributed by atoms with Crippen LogP contribution in [0.5, 0.6) is 5.75 Å². The van der Waals surface area contributed by atoms with Crippen LogP contribution in [0.25, 0.3) is 5.69 Å². The van der Waals surface area contributed by atoms with Crippen LogP contribution in [-0.2, 0) is 11.2 Å². The third-order valence-corrected chi connectivity index (χ3v) is 6.06. The lowest BCUT2D eigenvalue weighted by molar-refractivity contribution is -0.113. The van der Waals surface area contributed by atoms with Gasteiger partial charge in [0, 0.05) is 16.8 Å². The number of carbonyl (C=O) groups is 1. The Morgan fingerprint density at radius 1 is 1.16 bits per heavy atom. The van der Waals surface area contributed by atoms with Gasteiger partial charge in [0.1, 0.15) is 11.6 Å². The van der Waals surface area contributed by atoms with E-state index in [0.717, 1.165) is 23.0 Å². The van der Waals surface area contributed by atoms with E-state index in [1.807, 2.05) is 71.5 Å². The van der Waals surface area contributed by atoms with Gasteiger partial charge in [0.15, 0.2) is 10.3 Å². The molecule has 8 nitrogen and oxygen atoms in total. The second kappa shape index (κ2) is 10.3. The fourth-order valence-corrected chi connectivity index (χ4v) is 4.37. The van der Waals surface area contributed by atoms with E-state index in [-0.39, 0.29) is 11.7 Å². The average molecular weight is 467 g/mol. The highest BCUT2D eigenvalue weighted by atomic mass is 32.2. The number of amides is 1. The number of thiazole rings is 1. The molecular formula is C22H22N6O2S2. The topological polar surface area (TPSA) is 108 Å². The molecule has 4 aromatic rings. The van der Waals surface area contributed by atoms with Gasteiger partial charge in [0.2, 0.25) is 5.91 Å². The van der Waals surface area contributed by atoms with Crippen LogP contribution in [0.4, 0.5) is 10.8 Å². The number of carbonyl (C=O) groups excluding carboxylic acids is 1. The third kappa shape index (κ3) is 5.45. The summed E-state index contributed by atoms with van der Waals surface area (Å²) in [7, 11) is 0. The summed E-state index contributed by atoms with van der Waals surface area (Å²) < 4.78 is 7.38. The van der Waals surface area contributed by atoms with Crippen LogP contribution in [-0.4, -0.2) is 38.0 Å². The van der Waals surface area contributed by atoms with Crippen LogP contribution in [0.1, 0.15) is 18.4 Å². The molecule has 0 radical (unpaired) electrons. The Labute approximate surface area is 193 Å². The molecule has 1 amide bonds. The van der Waals surface area contributed by atoms with Gasteiger partial charge in [-0.3, -0.25) is 9.36 Å². The highest BCUT2D eigenvalue weighted by molar-refractivity contribution is 7.99. The summed E-state index contributed by atoms with van der Waals surface area (Å²) in [6.07, 6.45) is 0.495. The molecule has 2 heterocycles. The molecule has 32 heavy (non-hydrogen) atoms. The van der Waals surface area contributed by atoms with Gasteiger partial charge in [-0.15, -0.1) is 21.5 Å². The van der Waals surface area contributed by atoms with Crippen molar-refractivity contribution in [3.8, 4) is 11.4 Å². The van der Waals surface area contributed by atoms with E-state index in [4.69, 9.17) is 10.5 Å². The van der Waals surface area contributed by atoms with Gasteiger partial charge in [-0.1, -0.05) is 30.0 Å². The van der Waals surface area contributed by atoms with E-state index in [1.54, 1.807) is 0 Å².